The van der Waals surface area contributed by atoms with E-state index in [1.54, 1.807) is 23.1 Å². The fraction of sp³-hybridized carbons (Fsp3) is 0.375. The maximum atomic E-state index is 12.8. The van der Waals surface area contributed by atoms with Gasteiger partial charge in [-0.25, -0.2) is 5.10 Å². The highest BCUT2D eigenvalue weighted by Gasteiger charge is 2.25. The second-order valence-corrected chi connectivity index (χ2v) is 5.50. The van der Waals surface area contributed by atoms with Crippen LogP contribution in [0.25, 0.3) is 0 Å². The Bertz CT molecular complexity index is 871. The molecule has 24 heavy (non-hydrogen) atoms. The Labute approximate surface area is 137 Å². The molecule has 1 N–H and O–H groups in total. The summed E-state index contributed by atoms with van der Waals surface area (Å²) in [5.41, 5.74) is -0.915. The maximum Gasteiger partial charge on any atom is 0.330 e. The first-order chi connectivity index (χ1) is 11.6. The summed E-state index contributed by atoms with van der Waals surface area (Å²) >= 11 is 0. The first-order valence-electron chi connectivity index (χ1n) is 7.81. The lowest BCUT2D eigenvalue weighted by atomic mass is 10.1. The molecule has 1 aliphatic heterocycles. The lowest BCUT2D eigenvalue weighted by Gasteiger charge is -2.28. The Hall–Kier alpha value is -2.90. The molecule has 1 amide bonds. The number of nitrogens with one attached hydrogen (secondary N) is 1. The number of benzene rings is 1. The lowest BCUT2D eigenvalue weighted by Crippen LogP contribution is -2.47. The lowest BCUT2D eigenvalue weighted by molar-refractivity contribution is 0.0697. The minimum atomic E-state index is -0.753. The van der Waals surface area contributed by atoms with E-state index in [1.807, 2.05) is 13.0 Å². The van der Waals surface area contributed by atoms with Crippen LogP contribution in [-0.4, -0.2) is 38.7 Å². The number of para-hydroxylation sites is 1. The zero-order chi connectivity index (χ0) is 17.1. The maximum absolute atomic E-state index is 12.8. The van der Waals surface area contributed by atoms with Gasteiger partial charge in [-0.15, -0.1) is 0 Å². The highest BCUT2D eigenvalue weighted by molar-refractivity contribution is 5.96. The summed E-state index contributed by atoms with van der Waals surface area (Å²) in [4.78, 5) is 37.5. The highest BCUT2D eigenvalue weighted by Crippen LogP contribution is 2.21. The Morgan fingerprint density at radius 3 is 2.88 bits per heavy atom. The molecule has 0 saturated heterocycles. The molecular formula is C16H18N4O4. The Kier molecular flexibility index (Phi) is 4.45. The number of hydrogen-bond donors (Lipinski definition) is 1. The number of hydrogen-bond acceptors (Lipinski definition) is 5. The SMILES string of the molecule is CCCOc1ccccc1C(=O)N1CCn2c(n[nH]c(=O)c2=O)C1. The summed E-state index contributed by atoms with van der Waals surface area (Å²) in [5.74, 6) is 0.723. The summed E-state index contributed by atoms with van der Waals surface area (Å²) in [6, 6.07) is 7.08. The standard InChI is InChI=1S/C16H18N4O4/c1-2-9-24-12-6-4-3-5-11(12)15(22)19-7-8-20-13(10-19)17-18-14(21)16(20)23/h3-6H,2,7-10H2,1H3,(H,18,21). The molecule has 126 valence electrons. The number of amides is 1. The van der Waals surface area contributed by atoms with Crippen molar-refractivity contribution in [2.75, 3.05) is 13.2 Å². The minimum absolute atomic E-state index is 0.160. The smallest absolute Gasteiger partial charge is 0.330 e. The molecule has 0 unspecified atom stereocenters. The van der Waals surface area contributed by atoms with Crippen molar-refractivity contribution in [1.29, 1.82) is 0 Å². The largest absolute Gasteiger partial charge is 0.493 e. The molecule has 1 aliphatic rings. The third-order valence-corrected chi connectivity index (χ3v) is 3.83. The van der Waals surface area contributed by atoms with Crippen molar-refractivity contribution in [3.63, 3.8) is 0 Å². The third kappa shape index (κ3) is 2.94. The van der Waals surface area contributed by atoms with Crippen molar-refractivity contribution in [3.8, 4) is 5.75 Å². The number of fused-ring (bicyclic) bond motifs is 1. The third-order valence-electron chi connectivity index (χ3n) is 3.83. The number of ether oxygens (including phenoxy) is 1. The van der Waals surface area contributed by atoms with Crippen molar-refractivity contribution in [3.05, 3.63) is 56.4 Å². The van der Waals surface area contributed by atoms with Gasteiger partial charge in [-0.05, 0) is 18.6 Å². The fourth-order valence-electron chi connectivity index (χ4n) is 2.61. The Morgan fingerprint density at radius 2 is 2.08 bits per heavy atom. The van der Waals surface area contributed by atoms with Crippen LogP contribution in [0.5, 0.6) is 5.75 Å². The van der Waals surface area contributed by atoms with Gasteiger partial charge in [0.1, 0.15) is 5.75 Å². The average Bonchev–Trinajstić information content (AvgIpc) is 2.62. The van der Waals surface area contributed by atoms with Crippen molar-refractivity contribution in [1.82, 2.24) is 19.7 Å². The molecule has 0 aliphatic carbocycles. The zero-order valence-electron chi connectivity index (χ0n) is 13.3. The van der Waals surface area contributed by atoms with E-state index in [4.69, 9.17) is 4.74 Å². The molecule has 0 spiro atoms. The fourth-order valence-corrected chi connectivity index (χ4v) is 2.61. The van der Waals surface area contributed by atoms with Crippen LogP contribution >= 0.6 is 0 Å². The van der Waals surface area contributed by atoms with E-state index in [1.165, 1.54) is 4.57 Å². The van der Waals surface area contributed by atoms with E-state index in [0.29, 0.717) is 30.3 Å². The molecular weight excluding hydrogens is 312 g/mol. The molecule has 1 aromatic heterocycles. The van der Waals surface area contributed by atoms with Gasteiger partial charge >= 0.3 is 11.1 Å². The van der Waals surface area contributed by atoms with Gasteiger partial charge in [0.05, 0.1) is 18.7 Å². The monoisotopic (exact) mass is 330 g/mol. The number of aromatic nitrogens is 3. The van der Waals surface area contributed by atoms with Gasteiger partial charge in [-0.1, -0.05) is 19.1 Å². The highest BCUT2D eigenvalue weighted by atomic mass is 16.5. The molecule has 2 heterocycles. The first-order valence-corrected chi connectivity index (χ1v) is 7.81. The van der Waals surface area contributed by atoms with Crippen LogP contribution in [0.15, 0.2) is 33.9 Å². The molecule has 0 atom stereocenters. The van der Waals surface area contributed by atoms with Gasteiger partial charge in [0, 0.05) is 13.1 Å². The number of aromatic amines is 1. The Balaban J connectivity index is 1.86. The van der Waals surface area contributed by atoms with Gasteiger partial charge in [0.15, 0.2) is 5.82 Å². The van der Waals surface area contributed by atoms with E-state index >= 15 is 0 Å². The first kappa shape index (κ1) is 16.0. The van der Waals surface area contributed by atoms with E-state index in [2.05, 4.69) is 10.2 Å². The zero-order valence-corrected chi connectivity index (χ0v) is 13.3. The normalized spacial score (nSPS) is 13.5. The van der Waals surface area contributed by atoms with Crippen LogP contribution in [0, 0.1) is 0 Å². The molecule has 0 radical (unpaired) electrons. The molecule has 0 saturated carbocycles. The number of H-pyrrole nitrogens is 1. The molecule has 3 rings (SSSR count). The van der Waals surface area contributed by atoms with Crippen molar-refractivity contribution in [2.45, 2.75) is 26.4 Å². The van der Waals surface area contributed by atoms with Gasteiger partial charge < -0.3 is 9.64 Å². The molecule has 8 heteroatoms. The summed E-state index contributed by atoms with van der Waals surface area (Å²) in [7, 11) is 0. The molecule has 1 aromatic carbocycles. The van der Waals surface area contributed by atoms with E-state index < -0.39 is 11.1 Å². The molecule has 0 fully saturated rings. The van der Waals surface area contributed by atoms with E-state index in [9.17, 15) is 14.4 Å². The minimum Gasteiger partial charge on any atom is -0.493 e. The molecule has 8 nitrogen and oxygen atoms in total. The summed E-state index contributed by atoms with van der Waals surface area (Å²) < 4.78 is 6.94. The van der Waals surface area contributed by atoms with Crippen molar-refractivity contribution >= 4 is 5.91 Å². The average molecular weight is 330 g/mol. The molecule has 2 aromatic rings. The summed E-state index contributed by atoms with van der Waals surface area (Å²) in [5, 5.41) is 6.04. The van der Waals surface area contributed by atoms with Crippen LogP contribution in [0.1, 0.15) is 29.5 Å². The second-order valence-electron chi connectivity index (χ2n) is 5.50. The van der Waals surface area contributed by atoms with Gasteiger partial charge in [0.25, 0.3) is 5.91 Å². The summed E-state index contributed by atoms with van der Waals surface area (Å²) in [6.07, 6.45) is 0.847. The number of carbonyl (C=O) groups excluding carboxylic acids is 1. The Morgan fingerprint density at radius 1 is 1.29 bits per heavy atom. The number of rotatable bonds is 4. The van der Waals surface area contributed by atoms with Gasteiger partial charge in [-0.3, -0.25) is 19.0 Å². The predicted molar refractivity (Wildman–Crippen MR) is 86.1 cm³/mol. The van der Waals surface area contributed by atoms with Crippen LogP contribution in [0.2, 0.25) is 0 Å². The van der Waals surface area contributed by atoms with Crippen LogP contribution in [0.4, 0.5) is 0 Å². The van der Waals surface area contributed by atoms with Crippen LogP contribution in [-0.2, 0) is 13.1 Å². The van der Waals surface area contributed by atoms with Gasteiger partial charge in [-0.2, -0.15) is 5.10 Å². The second kappa shape index (κ2) is 6.69. The predicted octanol–water partition coefficient (Wildman–Crippen LogP) is 0.376. The van der Waals surface area contributed by atoms with Gasteiger partial charge in [0.2, 0.25) is 0 Å². The number of nitrogens with zero attached hydrogens (tertiary/aromatic N) is 3. The topological polar surface area (TPSA) is 97.3 Å². The van der Waals surface area contributed by atoms with Crippen LogP contribution < -0.4 is 15.9 Å². The van der Waals surface area contributed by atoms with E-state index in [0.717, 1.165) is 6.42 Å². The quantitative estimate of drug-likeness (QED) is 0.817. The van der Waals surface area contributed by atoms with Crippen LogP contribution in [0.3, 0.4) is 0 Å². The van der Waals surface area contributed by atoms with Crippen molar-refractivity contribution in [2.24, 2.45) is 0 Å². The van der Waals surface area contributed by atoms with Crippen molar-refractivity contribution < 1.29 is 9.53 Å². The molecule has 0 bridgehead atoms. The summed E-state index contributed by atoms with van der Waals surface area (Å²) in [6.45, 7) is 3.27. The van der Waals surface area contributed by atoms with E-state index in [-0.39, 0.29) is 19.0 Å². The number of carbonyl (C=O) groups is 1.